The highest BCUT2D eigenvalue weighted by Gasteiger charge is 2.30. The molecule has 0 amide bonds. The van der Waals surface area contributed by atoms with Gasteiger partial charge in [0.15, 0.2) is 0 Å². The van der Waals surface area contributed by atoms with Crippen molar-refractivity contribution < 1.29 is 13.5 Å². The standard InChI is InChI=1S/C14H21NO3S/c1-3-13(16)10(2)12-6-4-5-7-14(12)19(17,18)15-11-8-9-11/h4-7,10-11,13,15-16H,3,8-9H2,1-2H3. The van der Waals surface area contributed by atoms with Crippen molar-refractivity contribution in [2.75, 3.05) is 0 Å². The molecule has 0 radical (unpaired) electrons. The van der Waals surface area contributed by atoms with Crippen LogP contribution in [0.1, 0.15) is 44.6 Å². The Morgan fingerprint density at radius 2 is 2.00 bits per heavy atom. The van der Waals surface area contributed by atoms with Crippen molar-refractivity contribution in [1.29, 1.82) is 0 Å². The molecule has 5 heteroatoms. The van der Waals surface area contributed by atoms with E-state index in [-0.39, 0.29) is 12.0 Å². The predicted molar refractivity (Wildman–Crippen MR) is 74.5 cm³/mol. The van der Waals surface area contributed by atoms with Crippen LogP contribution in [0, 0.1) is 0 Å². The van der Waals surface area contributed by atoms with Gasteiger partial charge in [-0.2, -0.15) is 0 Å². The highest BCUT2D eigenvalue weighted by Crippen LogP contribution is 2.29. The lowest BCUT2D eigenvalue weighted by atomic mass is 9.94. The first kappa shape index (κ1) is 14.5. The predicted octanol–water partition coefficient (Wildman–Crippen LogP) is 2.00. The lowest BCUT2D eigenvalue weighted by Gasteiger charge is -2.20. The van der Waals surface area contributed by atoms with E-state index in [1.165, 1.54) is 0 Å². The minimum atomic E-state index is -3.48. The third kappa shape index (κ3) is 3.35. The summed E-state index contributed by atoms with van der Waals surface area (Å²) in [5, 5.41) is 9.95. The summed E-state index contributed by atoms with van der Waals surface area (Å²) in [6.45, 7) is 3.75. The molecule has 2 rings (SSSR count). The number of aliphatic hydroxyl groups is 1. The molecule has 0 aromatic heterocycles. The average molecular weight is 283 g/mol. The monoisotopic (exact) mass is 283 g/mol. The fraction of sp³-hybridized carbons (Fsp3) is 0.571. The molecule has 0 bridgehead atoms. The van der Waals surface area contributed by atoms with E-state index in [4.69, 9.17) is 0 Å². The molecule has 106 valence electrons. The van der Waals surface area contributed by atoms with E-state index in [1.54, 1.807) is 18.2 Å². The number of aliphatic hydroxyl groups excluding tert-OH is 1. The van der Waals surface area contributed by atoms with Crippen molar-refractivity contribution in [3.63, 3.8) is 0 Å². The van der Waals surface area contributed by atoms with Gasteiger partial charge in [0.1, 0.15) is 0 Å². The number of hydrogen-bond donors (Lipinski definition) is 2. The van der Waals surface area contributed by atoms with Gasteiger partial charge in [-0.25, -0.2) is 13.1 Å². The van der Waals surface area contributed by atoms with Crippen molar-refractivity contribution in [2.24, 2.45) is 0 Å². The third-order valence-electron chi connectivity index (χ3n) is 3.59. The van der Waals surface area contributed by atoms with Gasteiger partial charge in [-0.1, -0.05) is 32.0 Å². The average Bonchev–Trinajstić information content (AvgIpc) is 3.20. The Hall–Kier alpha value is -0.910. The van der Waals surface area contributed by atoms with E-state index < -0.39 is 16.1 Å². The van der Waals surface area contributed by atoms with Gasteiger partial charge < -0.3 is 5.11 Å². The maximum atomic E-state index is 12.3. The van der Waals surface area contributed by atoms with E-state index in [1.807, 2.05) is 19.9 Å². The Morgan fingerprint density at radius 3 is 2.58 bits per heavy atom. The topological polar surface area (TPSA) is 66.4 Å². The number of hydrogen-bond acceptors (Lipinski definition) is 3. The van der Waals surface area contributed by atoms with Gasteiger partial charge in [0.05, 0.1) is 11.0 Å². The summed E-state index contributed by atoms with van der Waals surface area (Å²) >= 11 is 0. The summed E-state index contributed by atoms with van der Waals surface area (Å²) < 4.78 is 27.3. The first-order valence-corrected chi connectivity index (χ1v) is 8.23. The highest BCUT2D eigenvalue weighted by atomic mass is 32.2. The normalized spacial score (nSPS) is 19.1. The van der Waals surface area contributed by atoms with Gasteiger partial charge in [-0.15, -0.1) is 0 Å². The Kier molecular flexibility index (Phi) is 4.28. The van der Waals surface area contributed by atoms with Crippen LogP contribution < -0.4 is 4.72 Å². The first-order chi connectivity index (χ1) is 8.95. The number of benzene rings is 1. The molecule has 0 spiro atoms. The van der Waals surface area contributed by atoms with Crippen LogP contribution in [0.4, 0.5) is 0 Å². The van der Waals surface area contributed by atoms with Gasteiger partial charge in [-0.05, 0) is 30.9 Å². The summed E-state index contributed by atoms with van der Waals surface area (Å²) in [6.07, 6.45) is 1.89. The molecule has 19 heavy (non-hydrogen) atoms. The Morgan fingerprint density at radius 1 is 1.37 bits per heavy atom. The van der Waals surface area contributed by atoms with Gasteiger partial charge in [-0.3, -0.25) is 0 Å². The molecule has 2 atom stereocenters. The van der Waals surface area contributed by atoms with Crippen molar-refractivity contribution in [3.05, 3.63) is 29.8 Å². The molecule has 0 saturated heterocycles. The molecule has 4 nitrogen and oxygen atoms in total. The quantitative estimate of drug-likeness (QED) is 0.839. The molecule has 0 heterocycles. The van der Waals surface area contributed by atoms with Crippen molar-refractivity contribution in [2.45, 2.75) is 56.1 Å². The molecule has 1 aromatic rings. The van der Waals surface area contributed by atoms with Crippen molar-refractivity contribution in [1.82, 2.24) is 4.72 Å². The zero-order chi connectivity index (χ0) is 14.0. The van der Waals surface area contributed by atoms with Crippen LogP contribution in [0.2, 0.25) is 0 Å². The minimum absolute atomic E-state index is 0.0875. The van der Waals surface area contributed by atoms with E-state index in [0.29, 0.717) is 16.9 Å². The fourth-order valence-corrected chi connectivity index (χ4v) is 3.77. The zero-order valence-corrected chi connectivity index (χ0v) is 12.2. The second-order valence-electron chi connectivity index (χ2n) is 5.20. The highest BCUT2D eigenvalue weighted by molar-refractivity contribution is 7.89. The second kappa shape index (κ2) is 5.61. The number of sulfonamides is 1. The Balaban J connectivity index is 2.34. The van der Waals surface area contributed by atoms with Crippen molar-refractivity contribution >= 4 is 10.0 Å². The van der Waals surface area contributed by atoms with E-state index in [2.05, 4.69) is 4.72 Å². The molecule has 2 N–H and O–H groups in total. The van der Waals surface area contributed by atoms with Crippen LogP contribution in [-0.4, -0.2) is 25.7 Å². The summed E-state index contributed by atoms with van der Waals surface area (Å²) in [6, 6.07) is 7.01. The van der Waals surface area contributed by atoms with Crippen LogP contribution in [0.25, 0.3) is 0 Å². The van der Waals surface area contributed by atoms with E-state index >= 15 is 0 Å². The van der Waals surface area contributed by atoms with Crippen LogP contribution >= 0.6 is 0 Å². The summed E-state index contributed by atoms with van der Waals surface area (Å²) in [5.74, 6) is -0.197. The van der Waals surface area contributed by atoms with Gasteiger partial charge in [0.25, 0.3) is 0 Å². The summed E-state index contributed by atoms with van der Waals surface area (Å²) in [7, 11) is -3.48. The van der Waals surface area contributed by atoms with Crippen LogP contribution in [0.5, 0.6) is 0 Å². The lowest BCUT2D eigenvalue weighted by Crippen LogP contribution is -2.28. The second-order valence-corrected chi connectivity index (χ2v) is 6.88. The van der Waals surface area contributed by atoms with Crippen LogP contribution in [0.15, 0.2) is 29.2 Å². The first-order valence-electron chi connectivity index (χ1n) is 6.75. The molecule has 0 aliphatic heterocycles. The maximum Gasteiger partial charge on any atom is 0.241 e. The molecule has 1 saturated carbocycles. The molecular formula is C14H21NO3S. The summed E-state index contributed by atoms with van der Waals surface area (Å²) in [4.78, 5) is 0.293. The van der Waals surface area contributed by atoms with Gasteiger partial charge >= 0.3 is 0 Å². The molecule has 1 aliphatic carbocycles. The zero-order valence-electron chi connectivity index (χ0n) is 11.3. The molecule has 2 unspecified atom stereocenters. The molecule has 1 aliphatic rings. The SMILES string of the molecule is CCC(O)C(C)c1ccccc1S(=O)(=O)NC1CC1. The van der Waals surface area contributed by atoms with Gasteiger partial charge in [0, 0.05) is 12.0 Å². The molecule has 1 aromatic carbocycles. The van der Waals surface area contributed by atoms with Crippen LogP contribution in [-0.2, 0) is 10.0 Å². The Labute approximate surface area is 114 Å². The Bertz CT molecular complexity index is 537. The lowest BCUT2D eigenvalue weighted by molar-refractivity contribution is 0.144. The molecular weight excluding hydrogens is 262 g/mol. The maximum absolute atomic E-state index is 12.3. The van der Waals surface area contributed by atoms with Crippen molar-refractivity contribution in [3.8, 4) is 0 Å². The fourth-order valence-electron chi connectivity index (χ4n) is 2.15. The number of rotatable bonds is 6. The van der Waals surface area contributed by atoms with E-state index in [0.717, 1.165) is 12.8 Å². The third-order valence-corrected chi connectivity index (χ3v) is 5.19. The largest absolute Gasteiger partial charge is 0.393 e. The minimum Gasteiger partial charge on any atom is -0.393 e. The molecule has 1 fully saturated rings. The summed E-state index contributed by atoms with van der Waals surface area (Å²) in [5.41, 5.74) is 0.685. The number of nitrogens with one attached hydrogen (secondary N) is 1. The van der Waals surface area contributed by atoms with E-state index in [9.17, 15) is 13.5 Å². The van der Waals surface area contributed by atoms with Crippen LogP contribution in [0.3, 0.4) is 0 Å². The van der Waals surface area contributed by atoms with Gasteiger partial charge in [0.2, 0.25) is 10.0 Å². The smallest absolute Gasteiger partial charge is 0.241 e.